The van der Waals surface area contributed by atoms with E-state index in [2.05, 4.69) is 46.6 Å². The van der Waals surface area contributed by atoms with Crippen LogP contribution in [0.3, 0.4) is 0 Å². The van der Waals surface area contributed by atoms with Gasteiger partial charge in [-0.3, -0.25) is 0 Å². The number of hydrogen-bond donors (Lipinski definition) is 0. The Balaban J connectivity index is 0.00000169. The Bertz CT molecular complexity index is 192. The summed E-state index contributed by atoms with van der Waals surface area (Å²) in [4.78, 5) is 2.40. The van der Waals surface area contributed by atoms with Crippen molar-refractivity contribution in [2.45, 2.75) is 45.7 Å². The summed E-state index contributed by atoms with van der Waals surface area (Å²) in [6.07, 6.45) is 0. The molecular formula is C11H23N2Rb. The fraction of sp³-hybridized carbons (Fsp3) is 1.00. The van der Waals surface area contributed by atoms with Crippen LogP contribution in [-0.2, 0) is 0 Å². The minimum absolute atomic E-state index is 0. The van der Waals surface area contributed by atoms with Gasteiger partial charge in [0.1, 0.15) is 0 Å². The van der Waals surface area contributed by atoms with E-state index in [9.17, 15) is 0 Å². The van der Waals surface area contributed by atoms with Crippen LogP contribution in [0.25, 0.3) is 5.32 Å². The molecule has 2 nitrogen and oxygen atoms in total. The zero-order valence-electron chi connectivity index (χ0n) is 10.9. The summed E-state index contributed by atoms with van der Waals surface area (Å²) < 4.78 is 0. The second-order valence-corrected chi connectivity index (χ2v) is 5.61. The molecule has 0 bridgehead atoms. The summed E-state index contributed by atoms with van der Waals surface area (Å²) in [6.45, 7) is 13.4. The van der Waals surface area contributed by atoms with Gasteiger partial charge >= 0.3 is 58.2 Å². The maximum Gasteiger partial charge on any atom is 1.00 e. The fourth-order valence-corrected chi connectivity index (χ4v) is 2.34. The molecule has 14 heavy (non-hydrogen) atoms. The van der Waals surface area contributed by atoms with Gasteiger partial charge in [0.15, 0.2) is 0 Å². The zero-order chi connectivity index (χ0) is 10.3. The first-order valence-electron chi connectivity index (χ1n) is 5.18. The minimum Gasteiger partial charge on any atom is -0.650 e. The van der Waals surface area contributed by atoms with Crippen molar-refractivity contribution in [1.82, 2.24) is 4.90 Å². The van der Waals surface area contributed by atoms with Gasteiger partial charge in [0.25, 0.3) is 0 Å². The van der Waals surface area contributed by atoms with Gasteiger partial charge in [-0.15, -0.1) is 11.1 Å². The smallest absolute Gasteiger partial charge is 0.650 e. The summed E-state index contributed by atoms with van der Waals surface area (Å²) in [5.41, 5.74) is 0.252. The molecular weight excluding hydrogens is 246 g/mol. The molecule has 1 rings (SSSR count). The van der Waals surface area contributed by atoms with E-state index < -0.39 is 0 Å². The molecule has 1 aliphatic rings. The Morgan fingerprint density at radius 2 is 1.64 bits per heavy atom. The molecule has 0 saturated carbocycles. The Labute approximate surface area is 138 Å². The molecule has 0 aliphatic carbocycles. The second kappa shape index (κ2) is 5.37. The van der Waals surface area contributed by atoms with E-state index in [4.69, 9.17) is 5.32 Å². The average Bonchev–Trinajstić information content (AvgIpc) is 1.79. The van der Waals surface area contributed by atoms with Crippen LogP contribution in [-0.4, -0.2) is 36.1 Å². The van der Waals surface area contributed by atoms with Crippen molar-refractivity contribution in [2.24, 2.45) is 5.92 Å². The van der Waals surface area contributed by atoms with Crippen molar-refractivity contribution in [3.8, 4) is 0 Å². The van der Waals surface area contributed by atoms with E-state index >= 15 is 0 Å². The predicted molar refractivity (Wildman–Crippen MR) is 58.2 cm³/mol. The van der Waals surface area contributed by atoms with E-state index in [0.717, 1.165) is 13.1 Å². The monoisotopic (exact) mass is 268 g/mol. The summed E-state index contributed by atoms with van der Waals surface area (Å²) in [7, 11) is 2.19. The molecule has 0 aromatic heterocycles. The van der Waals surface area contributed by atoms with Crippen molar-refractivity contribution < 1.29 is 58.2 Å². The normalized spacial score (nSPS) is 32.8. The molecule has 78 valence electrons. The number of piperazine rings is 1. The Morgan fingerprint density at radius 3 is 2.00 bits per heavy atom. The second-order valence-electron chi connectivity index (χ2n) is 5.61. The summed E-state index contributed by atoms with van der Waals surface area (Å²) in [5.74, 6) is 0.620. The van der Waals surface area contributed by atoms with E-state index in [-0.39, 0.29) is 69.3 Å². The van der Waals surface area contributed by atoms with Crippen LogP contribution in [0, 0.1) is 5.92 Å². The van der Waals surface area contributed by atoms with Crippen LogP contribution >= 0.6 is 0 Å². The topological polar surface area (TPSA) is 17.3 Å². The zero-order valence-corrected chi connectivity index (χ0v) is 15.8. The number of hydrogen-bond acceptors (Lipinski definition) is 1. The van der Waals surface area contributed by atoms with Crippen molar-refractivity contribution in [1.29, 1.82) is 0 Å². The van der Waals surface area contributed by atoms with Gasteiger partial charge in [0, 0.05) is 0 Å². The van der Waals surface area contributed by atoms with Crippen molar-refractivity contribution >= 4 is 0 Å². The van der Waals surface area contributed by atoms with Crippen LogP contribution in [0.2, 0.25) is 0 Å². The standard InChI is InChI=1S/C11H23N2.Rb/c1-9(2)11(5)8-13(6)7-10(3,4)12-11;/h9H,7-8H2,1-6H3;/q-1;+1. The maximum absolute atomic E-state index is 4.95. The number of rotatable bonds is 1. The minimum atomic E-state index is 0. The molecule has 1 fully saturated rings. The maximum atomic E-state index is 4.95. The predicted octanol–water partition coefficient (Wildman–Crippen LogP) is -0.497. The van der Waals surface area contributed by atoms with Crippen LogP contribution in [0.5, 0.6) is 0 Å². The Hall–Kier alpha value is 1.73. The van der Waals surface area contributed by atoms with E-state index in [1.54, 1.807) is 0 Å². The van der Waals surface area contributed by atoms with Crippen LogP contribution in [0.15, 0.2) is 0 Å². The Kier molecular flexibility index (Phi) is 6.03. The largest absolute Gasteiger partial charge is 1.00 e. The van der Waals surface area contributed by atoms with Crippen LogP contribution < -0.4 is 58.2 Å². The van der Waals surface area contributed by atoms with Gasteiger partial charge in [0.2, 0.25) is 0 Å². The molecule has 0 aromatic rings. The van der Waals surface area contributed by atoms with Gasteiger partial charge in [-0.1, -0.05) is 40.5 Å². The first kappa shape index (κ1) is 15.7. The molecule has 3 heteroatoms. The van der Waals surface area contributed by atoms with Gasteiger partial charge < -0.3 is 10.2 Å². The van der Waals surface area contributed by atoms with Gasteiger partial charge in [-0.25, -0.2) is 0 Å². The third-order valence-electron chi connectivity index (χ3n) is 3.05. The SMILES string of the molecule is CC(C)C1(C)CN(C)CC(C)(C)[N-]1.[Rb+]. The molecule has 0 aromatic carbocycles. The third-order valence-corrected chi connectivity index (χ3v) is 3.05. The quantitative estimate of drug-likeness (QED) is 0.627. The average molecular weight is 269 g/mol. The Morgan fingerprint density at radius 1 is 1.14 bits per heavy atom. The van der Waals surface area contributed by atoms with E-state index in [1.165, 1.54) is 0 Å². The van der Waals surface area contributed by atoms with Crippen molar-refractivity contribution in [2.75, 3.05) is 20.1 Å². The molecule has 1 atom stereocenters. The van der Waals surface area contributed by atoms with E-state index in [1.807, 2.05) is 0 Å². The summed E-state index contributed by atoms with van der Waals surface area (Å²) in [6, 6.07) is 0. The third kappa shape index (κ3) is 3.95. The fourth-order valence-electron chi connectivity index (χ4n) is 2.34. The molecule has 0 N–H and O–H groups in total. The number of likely N-dealkylation sites (N-methyl/N-ethyl adjacent to an activating group) is 1. The molecule has 1 aliphatic heterocycles. The van der Waals surface area contributed by atoms with Gasteiger partial charge in [-0.2, -0.15) is 0 Å². The molecule has 1 saturated heterocycles. The van der Waals surface area contributed by atoms with Crippen LogP contribution in [0.1, 0.15) is 34.6 Å². The molecule has 0 radical (unpaired) electrons. The molecule has 0 amide bonds. The van der Waals surface area contributed by atoms with E-state index in [0.29, 0.717) is 5.92 Å². The number of nitrogens with zero attached hydrogens (tertiary/aromatic N) is 2. The first-order chi connectivity index (χ1) is 5.75. The molecule has 1 unspecified atom stereocenters. The van der Waals surface area contributed by atoms with Crippen molar-refractivity contribution in [3.63, 3.8) is 0 Å². The molecule has 1 heterocycles. The molecule has 0 spiro atoms. The summed E-state index contributed by atoms with van der Waals surface area (Å²) in [5, 5.41) is 4.95. The van der Waals surface area contributed by atoms with Gasteiger partial charge in [-0.05, 0) is 20.1 Å². The first-order valence-corrected chi connectivity index (χ1v) is 5.18. The van der Waals surface area contributed by atoms with Gasteiger partial charge in [0.05, 0.1) is 0 Å². The summed E-state index contributed by atoms with van der Waals surface area (Å²) >= 11 is 0. The van der Waals surface area contributed by atoms with Crippen LogP contribution in [0.4, 0.5) is 0 Å². The van der Waals surface area contributed by atoms with Crippen molar-refractivity contribution in [3.05, 3.63) is 5.32 Å².